The van der Waals surface area contributed by atoms with E-state index in [4.69, 9.17) is 9.97 Å². The molecule has 0 aliphatic carbocycles. The molecule has 138 valence electrons. The Kier molecular flexibility index (Phi) is 6.17. The van der Waals surface area contributed by atoms with Crippen LogP contribution in [0, 0.1) is 0 Å². The summed E-state index contributed by atoms with van der Waals surface area (Å²) in [4.78, 5) is 14.6. The Bertz CT molecular complexity index is 798. The molecular weight excluding hydrogens is 320 g/mol. The summed E-state index contributed by atoms with van der Waals surface area (Å²) >= 11 is 0. The summed E-state index contributed by atoms with van der Waals surface area (Å²) in [5, 5.41) is 0. The highest BCUT2D eigenvalue weighted by atomic mass is 15.1. The van der Waals surface area contributed by atoms with Gasteiger partial charge in [-0.25, -0.2) is 9.97 Å². The molecule has 0 N–H and O–H groups in total. The molecule has 0 aliphatic heterocycles. The fraction of sp³-hybridized carbons (Fsp3) is 0.455. The van der Waals surface area contributed by atoms with E-state index in [1.54, 1.807) is 0 Å². The van der Waals surface area contributed by atoms with Crippen LogP contribution in [0.15, 0.2) is 36.4 Å². The van der Waals surface area contributed by atoms with E-state index < -0.39 is 0 Å². The van der Waals surface area contributed by atoms with Crippen molar-refractivity contribution in [2.45, 2.75) is 40.8 Å². The van der Waals surface area contributed by atoms with Crippen LogP contribution < -0.4 is 0 Å². The standard InChI is InChI=1S/C22H30N4/c1-5-25(6-2)15-17-9-11-19-21(13-17)24-22-14-18(10-12-20(22)23-19)16-26(7-3)8-4/h9-14H,5-8,15-16H2,1-4H3. The van der Waals surface area contributed by atoms with Crippen molar-refractivity contribution in [1.82, 2.24) is 19.8 Å². The lowest BCUT2D eigenvalue weighted by Crippen LogP contribution is -2.22. The quantitative estimate of drug-likeness (QED) is 0.561. The highest BCUT2D eigenvalue weighted by molar-refractivity contribution is 5.86. The largest absolute Gasteiger partial charge is 0.300 e. The molecule has 0 bridgehead atoms. The molecule has 3 rings (SSSR count). The maximum atomic E-state index is 4.92. The fourth-order valence-corrected chi connectivity index (χ4v) is 3.37. The summed E-state index contributed by atoms with van der Waals surface area (Å²) < 4.78 is 0. The van der Waals surface area contributed by atoms with E-state index in [-0.39, 0.29) is 0 Å². The zero-order valence-corrected chi connectivity index (χ0v) is 16.5. The summed E-state index contributed by atoms with van der Waals surface area (Å²) in [6.07, 6.45) is 0. The first-order chi connectivity index (χ1) is 12.7. The van der Waals surface area contributed by atoms with E-state index in [9.17, 15) is 0 Å². The summed E-state index contributed by atoms with van der Waals surface area (Å²) in [6.45, 7) is 15.0. The number of fused-ring (bicyclic) bond motifs is 2. The fourth-order valence-electron chi connectivity index (χ4n) is 3.37. The van der Waals surface area contributed by atoms with E-state index in [2.05, 4.69) is 73.9 Å². The van der Waals surface area contributed by atoms with Crippen molar-refractivity contribution in [2.24, 2.45) is 0 Å². The Balaban J connectivity index is 1.94. The molecule has 4 heteroatoms. The van der Waals surface area contributed by atoms with Gasteiger partial charge in [-0.3, -0.25) is 9.80 Å². The Morgan fingerprint density at radius 1 is 0.577 bits per heavy atom. The molecule has 0 saturated carbocycles. The zero-order chi connectivity index (χ0) is 18.5. The second-order valence-electron chi connectivity index (χ2n) is 6.79. The van der Waals surface area contributed by atoms with Crippen LogP contribution in [0.4, 0.5) is 0 Å². The molecule has 2 aromatic carbocycles. The highest BCUT2D eigenvalue weighted by Gasteiger charge is 2.07. The summed E-state index contributed by atoms with van der Waals surface area (Å²) in [5.74, 6) is 0. The molecule has 0 unspecified atom stereocenters. The Morgan fingerprint density at radius 2 is 0.962 bits per heavy atom. The number of hydrogen-bond acceptors (Lipinski definition) is 4. The molecule has 0 fully saturated rings. The summed E-state index contributed by atoms with van der Waals surface area (Å²) in [6, 6.07) is 12.9. The highest BCUT2D eigenvalue weighted by Crippen LogP contribution is 2.20. The molecular formula is C22H30N4. The minimum absolute atomic E-state index is 0.963. The molecule has 1 heterocycles. The lowest BCUT2D eigenvalue weighted by Gasteiger charge is -2.18. The Hall–Kier alpha value is -2.04. The van der Waals surface area contributed by atoms with E-state index in [0.717, 1.165) is 61.3 Å². The van der Waals surface area contributed by atoms with Gasteiger partial charge in [-0.1, -0.05) is 39.8 Å². The molecule has 26 heavy (non-hydrogen) atoms. The minimum atomic E-state index is 0.963. The van der Waals surface area contributed by atoms with Crippen LogP contribution in [-0.2, 0) is 13.1 Å². The first kappa shape index (κ1) is 18.7. The van der Waals surface area contributed by atoms with Gasteiger partial charge in [0.2, 0.25) is 0 Å². The van der Waals surface area contributed by atoms with Gasteiger partial charge < -0.3 is 0 Å². The Labute approximate surface area is 156 Å². The molecule has 4 nitrogen and oxygen atoms in total. The van der Waals surface area contributed by atoms with Crippen LogP contribution >= 0.6 is 0 Å². The lowest BCUT2D eigenvalue weighted by atomic mass is 10.1. The Morgan fingerprint density at radius 3 is 1.35 bits per heavy atom. The third-order valence-electron chi connectivity index (χ3n) is 5.16. The first-order valence-electron chi connectivity index (χ1n) is 9.80. The van der Waals surface area contributed by atoms with Gasteiger partial charge in [-0.15, -0.1) is 0 Å². The predicted octanol–water partition coefficient (Wildman–Crippen LogP) is 4.47. The lowest BCUT2D eigenvalue weighted by molar-refractivity contribution is 0.296. The van der Waals surface area contributed by atoms with Crippen LogP contribution in [-0.4, -0.2) is 45.9 Å². The van der Waals surface area contributed by atoms with Crippen LogP contribution in [0.2, 0.25) is 0 Å². The molecule has 0 saturated heterocycles. The van der Waals surface area contributed by atoms with Gasteiger partial charge in [0.05, 0.1) is 22.1 Å². The van der Waals surface area contributed by atoms with Crippen molar-refractivity contribution < 1.29 is 0 Å². The van der Waals surface area contributed by atoms with Crippen LogP contribution in [0.3, 0.4) is 0 Å². The van der Waals surface area contributed by atoms with Crippen molar-refractivity contribution >= 4 is 22.1 Å². The molecule has 0 radical (unpaired) electrons. The third kappa shape index (κ3) is 4.19. The summed E-state index contributed by atoms with van der Waals surface area (Å²) in [5.41, 5.74) is 6.52. The average molecular weight is 351 g/mol. The molecule has 3 aromatic rings. The molecule has 0 amide bonds. The second kappa shape index (κ2) is 8.56. The van der Waals surface area contributed by atoms with E-state index in [1.807, 2.05) is 0 Å². The number of nitrogens with zero attached hydrogens (tertiary/aromatic N) is 4. The first-order valence-corrected chi connectivity index (χ1v) is 9.80. The van der Waals surface area contributed by atoms with Crippen molar-refractivity contribution in [3.8, 4) is 0 Å². The van der Waals surface area contributed by atoms with Crippen LogP contribution in [0.25, 0.3) is 22.1 Å². The van der Waals surface area contributed by atoms with Gasteiger partial charge in [0.1, 0.15) is 0 Å². The zero-order valence-electron chi connectivity index (χ0n) is 16.5. The van der Waals surface area contributed by atoms with Crippen LogP contribution in [0.1, 0.15) is 38.8 Å². The second-order valence-corrected chi connectivity index (χ2v) is 6.79. The molecule has 0 spiro atoms. The monoisotopic (exact) mass is 350 g/mol. The molecule has 0 aliphatic rings. The summed E-state index contributed by atoms with van der Waals surface area (Å²) in [7, 11) is 0. The van der Waals surface area contributed by atoms with Gasteiger partial charge in [0, 0.05) is 13.1 Å². The number of rotatable bonds is 8. The normalized spacial score (nSPS) is 11.9. The van der Waals surface area contributed by atoms with Gasteiger partial charge in [0.15, 0.2) is 0 Å². The van der Waals surface area contributed by atoms with Crippen molar-refractivity contribution in [2.75, 3.05) is 26.2 Å². The van der Waals surface area contributed by atoms with Gasteiger partial charge in [-0.2, -0.15) is 0 Å². The smallest absolute Gasteiger partial charge is 0.0897 e. The maximum absolute atomic E-state index is 4.92. The average Bonchev–Trinajstić information content (AvgIpc) is 2.68. The van der Waals surface area contributed by atoms with Crippen LogP contribution in [0.5, 0.6) is 0 Å². The number of hydrogen-bond donors (Lipinski definition) is 0. The van der Waals surface area contributed by atoms with Gasteiger partial charge in [0.25, 0.3) is 0 Å². The SMILES string of the molecule is CCN(CC)Cc1ccc2nc3ccc(CN(CC)CC)cc3nc2c1. The van der Waals surface area contributed by atoms with Crippen molar-refractivity contribution in [3.05, 3.63) is 47.5 Å². The van der Waals surface area contributed by atoms with E-state index in [1.165, 1.54) is 11.1 Å². The number of aromatic nitrogens is 2. The molecule has 1 aromatic heterocycles. The van der Waals surface area contributed by atoms with Gasteiger partial charge >= 0.3 is 0 Å². The van der Waals surface area contributed by atoms with Crippen molar-refractivity contribution in [3.63, 3.8) is 0 Å². The topological polar surface area (TPSA) is 32.3 Å². The predicted molar refractivity (Wildman–Crippen MR) is 110 cm³/mol. The number of benzene rings is 2. The third-order valence-corrected chi connectivity index (χ3v) is 5.16. The van der Waals surface area contributed by atoms with E-state index >= 15 is 0 Å². The van der Waals surface area contributed by atoms with Gasteiger partial charge in [-0.05, 0) is 61.6 Å². The minimum Gasteiger partial charge on any atom is -0.300 e. The maximum Gasteiger partial charge on any atom is 0.0897 e. The molecule has 0 atom stereocenters. The van der Waals surface area contributed by atoms with E-state index in [0.29, 0.717) is 0 Å². The van der Waals surface area contributed by atoms with Crippen molar-refractivity contribution in [1.29, 1.82) is 0 Å².